The Morgan fingerprint density at radius 1 is 1.21 bits per heavy atom. The highest BCUT2D eigenvalue weighted by Crippen LogP contribution is 2.17. The molecule has 1 aromatic rings. The number of rotatable bonds is 3. The Morgan fingerprint density at radius 3 is 2.64 bits per heavy atom. The third-order valence-electron chi connectivity index (χ3n) is 1.87. The highest BCUT2D eigenvalue weighted by molar-refractivity contribution is 7.80. The van der Waals surface area contributed by atoms with Crippen LogP contribution in [-0.2, 0) is 0 Å². The fourth-order valence-corrected chi connectivity index (χ4v) is 1.38. The molecule has 72 valence electrons. The van der Waals surface area contributed by atoms with Gasteiger partial charge in [-0.05, 0) is 30.2 Å². The molecule has 1 heteroatoms. The van der Waals surface area contributed by atoms with Gasteiger partial charge in [0.05, 0.1) is 0 Å². The number of benzene rings is 1. The smallest absolute Gasteiger partial charge is 0.00463 e. The van der Waals surface area contributed by atoms with E-state index in [9.17, 15) is 0 Å². The van der Waals surface area contributed by atoms with Crippen molar-refractivity contribution < 1.29 is 0 Å². The Kier molecular flexibility index (Phi) is 4.27. The van der Waals surface area contributed by atoms with Gasteiger partial charge in [0.25, 0.3) is 0 Å². The topological polar surface area (TPSA) is 0 Å². The average Bonchev–Trinajstić information content (AvgIpc) is 2.19. The van der Waals surface area contributed by atoms with Gasteiger partial charge in [0, 0.05) is 4.90 Å². The molecule has 0 saturated carbocycles. The molecule has 14 heavy (non-hydrogen) atoms. The van der Waals surface area contributed by atoms with E-state index in [1.54, 1.807) is 0 Å². The fraction of sp³-hybridized carbons (Fsp3) is 0.0769. The molecule has 0 fully saturated rings. The van der Waals surface area contributed by atoms with E-state index in [2.05, 4.69) is 25.3 Å². The molecule has 1 aromatic carbocycles. The van der Waals surface area contributed by atoms with Gasteiger partial charge in [-0.25, -0.2) is 0 Å². The summed E-state index contributed by atoms with van der Waals surface area (Å²) >= 11 is 4.30. The second-order valence-electron chi connectivity index (χ2n) is 2.90. The third-order valence-corrected chi connectivity index (χ3v) is 2.15. The summed E-state index contributed by atoms with van der Waals surface area (Å²) < 4.78 is 0. The Morgan fingerprint density at radius 2 is 2.00 bits per heavy atom. The van der Waals surface area contributed by atoms with Crippen LogP contribution in [0.1, 0.15) is 18.1 Å². The standard InChI is InChI=1S/C13H14S/c1-3-5-6-7-12-10-13(14)9-8-11(12)4-2/h3-10,14H,2H2,1H3/b5-3-,7-6-. The summed E-state index contributed by atoms with van der Waals surface area (Å²) in [6.07, 6.45) is 9.90. The summed E-state index contributed by atoms with van der Waals surface area (Å²) in [4.78, 5) is 0.968. The molecular formula is C13H14S. The van der Waals surface area contributed by atoms with Crippen molar-refractivity contribution in [3.05, 3.63) is 54.1 Å². The molecule has 1 rings (SSSR count). The summed E-state index contributed by atoms with van der Waals surface area (Å²) in [5.74, 6) is 0. The van der Waals surface area contributed by atoms with E-state index in [1.807, 2.05) is 49.4 Å². The van der Waals surface area contributed by atoms with E-state index in [1.165, 1.54) is 0 Å². The molecule has 0 heterocycles. The molecule has 0 unspecified atom stereocenters. The first-order valence-electron chi connectivity index (χ1n) is 4.52. The monoisotopic (exact) mass is 202 g/mol. The van der Waals surface area contributed by atoms with Crippen molar-refractivity contribution in [2.75, 3.05) is 0 Å². The molecule has 0 amide bonds. The lowest BCUT2D eigenvalue weighted by atomic mass is 10.1. The average molecular weight is 202 g/mol. The lowest BCUT2D eigenvalue weighted by molar-refractivity contribution is 1.44. The number of hydrogen-bond donors (Lipinski definition) is 1. The number of hydrogen-bond acceptors (Lipinski definition) is 1. The lowest BCUT2D eigenvalue weighted by Crippen LogP contribution is -1.79. The van der Waals surface area contributed by atoms with Crippen molar-refractivity contribution in [2.24, 2.45) is 0 Å². The Bertz CT molecular complexity index is 373. The Hall–Kier alpha value is -1.21. The highest BCUT2D eigenvalue weighted by Gasteiger charge is 1.94. The van der Waals surface area contributed by atoms with Crippen LogP contribution >= 0.6 is 12.6 Å². The van der Waals surface area contributed by atoms with Crippen molar-refractivity contribution in [1.29, 1.82) is 0 Å². The lowest BCUT2D eigenvalue weighted by Gasteiger charge is -2.01. The fourth-order valence-electron chi connectivity index (χ4n) is 1.16. The number of allylic oxidation sites excluding steroid dienone is 3. The van der Waals surface area contributed by atoms with Crippen LogP contribution < -0.4 is 0 Å². The molecule has 0 bridgehead atoms. The highest BCUT2D eigenvalue weighted by atomic mass is 32.1. The first kappa shape index (κ1) is 10.9. The van der Waals surface area contributed by atoms with Crippen LogP contribution in [0.3, 0.4) is 0 Å². The van der Waals surface area contributed by atoms with E-state index in [-0.39, 0.29) is 0 Å². The molecule has 0 aliphatic heterocycles. The molecule has 0 aliphatic rings. The van der Waals surface area contributed by atoms with E-state index in [0.717, 1.165) is 16.0 Å². The van der Waals surface area contributed by atoms with Gasteiger partial charge in [0.15, 0.2) is 0 Å². The van der Waals surface area contributed by atoms with Crippen molar-refractivity contribution >= 4 is 24.8 Å². The van der Waals surface area contributed by atoms with Crippen LogP contribution in [0.5, 0.6) is 0 Å². The van der Waals surface area contributed by atoms with Gasteiger partial charge < -0.3 is 0 Å². The summed E-state index contributed by atoms with van der Waals surface area (Å²) in [5, 5.41) is 0. The van der Waals surface area contributed by atoms with Crippen LogP contribution in [0.2, 0.25) is 0 Å². The van der Waals surface area contributed by atoms with Crippen molar-refractivity contribution in [3.8, 4) is 0 Å². The maximum Gasteiger partial charge on any atom is 0.00463 e. The first-order valence-corrected chi connectivity index (χ1v) is 4.97. The van der Waals surface area contributed by atoms with Crippen LogP contribution in [0.4, 0.5) is 0 Å². The van der Waals surface area contributed by atoms with Crippen LogP contribution in [-0.4, -0.2) is 0 Å². The summed E-state index contributed by atoms with van der Waals surface area (Å²) in [5.41, 5.74) is 2.27. The van der Waals surface area contributed by atoms with Crippen LogP contribution in [0.15, 0.2) is 47.9 Å². The van der Waals surface area contributed by atoms with Gasteiger partial charge in [0.1, 0.15) is 0 Å². The predicted octanol–water partition coefficient (Wildman–Crippen LogP) is 4.21. The molecule has 0 spiro atoms. The molecule has 0 aromatic heterocycles. The zero-order valence-electron chi connectivity index (χ0n) is 8.27. The Balaban J connectivity index is 3.04. The molecule has 0 N–H and O–H groups in total. The van der Waals surface area contributed by atoms with Crippen molar-refractivity contribution in [1.82, 2.24) is 0 Å². The summed E-state index contributed by atoms with van der Waals surface area (Å²) in [7, 11) is 0. The van der Waals surface area contributed by atoms with E-state index >= 15 is 0 Å². The van der Waals surface area contributed by atoms with E-state index in [0.29, 0.717) is 0 Å². The van der Waals surface area contributed by atoms with Crippen molar-refractivity contribution in [3.63, 3.8) is 0 Å². The molecular weight excluding hydrogens is 188 g/mol. The molecule has 0 aliphatic carbocycles. The quantitative estimate of drug-likeness (QED) is 0.551. The van der Waals surface area contributed by atoms with Gasteiger partial charge in [-0.15, -0.1) is 12.6 Å². The molecule has 0 radical (unpaired) electrons. The van der Waals surface area contributed by atoms with Crippen molar-refractivity contribution in [2.45, 2.75) is 11.8 Å². The first-order chi connectivity index (χ1) is 6.77. The normalized spacial score (nSPS) is 11.3. The maximum atomic E-state index is 4.30. The Labute approximate surface area is 91.1 Å². The summed E-state index contributed by atoms with van der Waals surface area (Å²) in [6, 6.07) is 6.01. The SMILES string of the molecule is C=Cc1ccc(S)cc1/C=C\C=C/C. The zero-order chi connectivity index (χ0) is 10.4. The maximum absolute atomic E-state index is 4.30. The molecule has 0 saturated heterocycles. The van der Waals surface area contributed by atoms with Gasteiger partial charge in [-0.1, -0.05) is 43.0 Å². The van der Waals surface area contributed by atoms with E-state index in [4.69, 9.17) is 0 Å². The van der Waals surface area contributed by atoms with Crippen LogP contribution in [0.25, 0.3) is 12.2 Å². The third kappa shape index (κ3) is 2.93. The minimum Gasteiger partial charge on any atom is -0.143 e. The minimum atomic E-state index is 0.968. The van der Waals surface area contributed by atoms with E-state index < -0.39 is 0 Å². The second-order valence-corrected chi connectivity index (χ2v) is 3.42. The van der Waals surface area contributed by atoms with Crippen LogP contribution in [0, 0.1) is 0 Å². The van der Waals surface area contributed by atoms with Gasteiger partial charge in [-0.3, -0.25) is 0 Å². The zero-order valence-corrected chi connectivity index (χ0v) is 9.17. The van der Waals surface area contributed by atoms with Gasteiger partial charge in [-0.2, -0.15) is 0 Å². The predicted molar refractivity (Wildman–Crippen MR) is 67.6 cm³/mol. The molecule has 0 nitrogen and oxygen atoms in total. The van der Waals surface area contributed by atoms with Gasteiger partial charge >= 0.3 is 0 Å². The number of thiol groups is 1. The molecule has 0 atom stereocenters. The van der Waals surface area contributed by atoms with Gasteiger partial charge in [0.2, 0.25) is 0 Å². The summed E-state index contributed by atoms with van der Waals surface area (Å²) in [6.45, 7) is 5.77. The largest absolute Gasteiger partial charge is 0.143 e. The minimum absolute atomic E-state index is 0.968. The second kappa shape index (κ2) is 5.51.